The maximum absolute atomic E-state index is 11.7. The molecule has 2 rings (SSSR count). The third-order valence-corrected chi connectivity index (χ3v) is 2.92. The number of ether oxygens (including phenoxy) is 1. The highest BCUT2D eigenvalue weighted by molar-refractivity contribution is 6.39. The molecule has 0 aliphatic carbocycles. The van der Waals surface area contributed by atoms with Crippen molar-refractivity contribution in [2.45, 2.75) is 6.54 Å². The van der Waals surface area contributed by atoms with Gasteiger partial charge in [-0.2, -0.15) is 0 Å². The first-order chi connectivity index (χ1) is 10.6. The van der Waals surface area contributed by atoms with Gasteiger partial charge in [-0.3, -0.25) is 9.59 Å². The van der Waals surface area contributed by atoms with Gasteiger partial charge in [0.1, 0.15) is 11.5 Å². The second-order valence-electron chi connectivity index (χ2n) is 4.54. The molecule has 2 amide bonds. The molecule has 0 radical (unpaired) electrons. The van der Waals surface area contributed by atoms with Crippen LogP contribution in [0.25, 0.3) is 0 Å². The summed E-state index contributed by atoms with van der Waals surface area (Å²) in [5, 5.41) is 14.2. The molecule has 0 saturated heterocycles. The predicted molar refractivity (Wildman–Crippen MR) is 81.6 cm³/mol. The van der Waals surface area contributed by atoms with Gasteiger partial charge in [-0.05, 0) is 29.8 Å². The first-order valence-electron chi connectivity index (χ1n) is 6.59. The summed E-state index contributed by atoms with van der Waals surface area (Å²) in [5.74, 6) is -0.814. The van der Waals surface area contributed by atoms with E-state index in [-0.39, 0.29) is 12.3 Å². The summed E-state index contributed by atoms with van der Waals surface area (Å²) in [6.07, 6.45) is 0. The van der Waals surface area contributed by atoms with Crippen molar-refractivity contribution in [1.29, 1.82) is 0 Å². The van der Waals surface area contributed by atoms with Gasteiger partial charge in [0.05, 0.1) is 7.11 Å². The molecule has 0 saturated carbocycles. The van der Waals surface area contributed by atoms with Crippen molar-refractivity contribution in [3.8, 4) is 11.5 Å². The number of phenolic OH excluding ortho intramolecular Hbond substituents is 1. The quantitative estimate of drug-likeness (QED) is 0.749. The summed E-state index contributed by atoms with van der Waals surface area (Å²) in [4.78, 5) is 23.4. The lowest BCUT2D eigenvalue weighted by molar-refractivity contribution is -0.136. The number of carbonyl (C=O) groups is 2. The molecule has 2 aromatic rings. The molecule has 0 aliphatic heterocycles. The van der Waals surface area contributed by atoms with Crippen LogP contribution in [-0.2, 0) is 16.1 Å². The fourth-order valence-corrected chi connectivity index (χ4v) is 1.78. The first-order valence-corrected chi connectivity index (χ1v) is 6.59. The number of phenols is 1. The lowest BCUT2D eigenvalue weighted by Crippen LogP contribution is -2.34. The molecule has 0 aliphatic rings. The van der Waals surface area contributed by atoms with Crippen LogP contribution in [0.3, 0.4) is 0 Å². The van der Waals surface area contributed by atoms with E-state index in [0.29, 0.717) is 5.69 Å². The fraction of sp³-hybridized carbons (Fsp3) is 0.125. The zero-order valence-corrected chi connectivity index (χ0v) is 12.0. The zero-order valence-electron chi connectivity index (χ0n) is 12.0. The SMILES string of the molecule is COc1ccc(CNC(=O)C(=O)Nc2cccc(O)c2)cc1. The number of aromatic hydroxyl groups is 1. The Kier molecular flexibility index (Phi) is 4.98. The number of methoxy groups -OCH3 is 1. The van der Waals surface area contributed by atoms with Crippen LogP contribution < -0.4 is 15.4 Å². The van der Waals surface area contributed by atoms with Crippen LogP contribution in [0.4, 0.5) is 5.69 Å². The van der Waals surface area contributed by atoms with Gasteiger partial charge in [0, 0.05) is 18.3 Å². The van der Waals surface area contributed by atoms with Crippen LogP contribution in [0.5, 0.6) is 11.5 Å². The van der Waals surface area contributed by atoms with Gasteiger partial charge in [0.15, 0.2) is 0 Å². The second-order valence-corrected chi connectivity index (χ2v) is 4.54. The number of anilines is 1. The number of nitrogens with one attached hydrogen (secondary N) is 2. The summed E-state index contributed by atoms with van der Waals surface area (Å²) >= 11 is 0. The Bertz CT molecular complexity index is 668. The van der Waals surface area contributed by atoms with Crippen molar-refractivity contribution < 1.29 is 19.4 Å². The Balaban J connectivity index is 1.87. The highest BCUT2D eigenvalue weighted by atomic mass is 16.5. The average Bonchev–Trinajstić information content (AvgIpc) is 2.53. The van der Waals surface area contributed by atoms with E-state index in [9.17, 15) is 14.7 Å². The third kappa shape index (κ3) is 4.24. The minimum atomic E-state index is -0.792. The molecule has 3 N–H and O–H groups in total. The van der Waals surface area contributed by atoms with Crippen LogP contribution >= 0.6 is 0 Å². The summed E-state index contributed by atoms with van der Waals surface area (Å²) in [6, 6.07) is 13.1. The molecule has 6 nitrogen and oxygen atoms in total. The van der Waals surface area contributed by atoms with Crippen molar-refractivity contribution in [3.05, 3.63) is 54.1 Å². The lowest BCUT2D eigenvalue weighted by Gasteiger charge is -2.07. The third-order valence-electron chi connectivity index (χ3n) is 2.92. The average molecular weight is 300 g/mol. The maximum atomic E-state index is 11.7. The number of rotatable bonds is 4. The van der Waals surface area contributed by atoms with Crippen LogP contribution in [0.15, 0.2) is 48.5 Å². The molecule has 0 unspecified atom stereocenters. The van der Waals surface area contributed by atoms with E-state index >= 15 is 0 Å². The van der Waals surface area contributed by atoms with E-state index in [1.807, 2.05) is 0 Å². The fourth-order valence-electron chi connectivity index (χ4n) is 1.78. The van der Waals surface area contributed by atoms with Gasteiger partial charge in [0.2, 0.25) is 0 Å². The van der Waals surface area contributed by atoms with E-state index < -0.39 is 11.8 Å². The van der Waals surface area contributed by atoms with E-state index in [0.717, 1.165) is 11.3 Å². The topological polar surface area (TPSA) is 87.7 Å². The van der Waals surface area contributed by atoms with Gasteiger partial charge < -0.3 is 20.5 Å². The van der Waals surface area contributed by atoms with Crippen LogP contribution in [0.2, 0.25) is 0 Å². The Morgan fingerprint density at radius 1 is 1.09 bits per heavy atom. The zero-order chi connectivity index (χ0) is 15.9. The van der Waals surface area contributed by atoms with E-state index in [1.165, 1.54) is 12.1 Å². The minimum Gasteiger partial charge on any atom is -0.508 e. The van der Waals surface area contributed by atoms with Crippen LogP contribution in [-0.4, -0.2) is 24.0 Å². The number of amides is 2. The molecule has 0 bridgehead atoms. The van der Waals surface area contributed by atoms with E-state index in [1.54, 1.807) is 43.5 Å². The van der Waals surface area contributed by atoms with Crippen LogP contribution in [0.1, 0.15) is 5.56 Å². The monoisotopic (exact) mass is 300 g/mol. The van der Waals surface area contributed by atoms with Crippen molar-refractivity contribution in [1.82, 2.24) is 5.32 Å². The van der Waals surface area contributed by atoms with Crippen molar-refractivity contribution in [2.24, 2.45) is 0 Å². The predicted octanol–water partition coefficient (Wildman–Crippen LogP) is 1.66. The molecule has 0 aromatic heterocycles. The molecule has 0 atom stereocenters. The number of hydrogen-bond acceptors (Lipinski definition) is 4. The van der Waals surface area contributed by atoms with E-state index in [4.69, 9.17) is 4.74 Å². The molecule has 0 heterocycles. The Morgan fingerprint density at radius 2 is 1.82 bits per heavy atom. The summed E-state index contributed by atoms with van der Waals surface area (Å²) in [5.41, 5.74) is 1.20. The Morgan fingerprint density at radius 3 is 2.45 bits per heavy atom. The van der Waals surface area contributed by atoms with Gasteiger partial charge in [-0.25, -0.2) is 0 Å². The molecular weight excluding hydrogens is 284 g/mol. The van der Waals surface area contributed by atoms with Crippen molar-refractivity contribution >= 4 is 17.5 Å². The van der Waals surface area contributed by atoms with Crippen LogP contribution in [0, 0.1) is 0 Å². The highest BCUT2D eigenvalue weighted by Gasteiger charge is 2.13. The first kappa shape index (κ1) is 15.4. The normalized spacial score (nSPS) is 9.86. The largest absolute Gasteiger partial charge is 0.508 e. The molecule has 0 spiro atoms. The smallest absolute Gasteiger partial charge is 0.313 e. The summed E-state index contributed by atoms with van der Waals surface area (Å²) < 4.78 is 5.04. The summed E-state index contributed by atoms with van der Waals surface area (Å²) in [7, 11) is 1.57. The second kappa shape index (κ2) is 7.12. The highest BCUT2D eigenvalue weighted by Crippen LogP contribution is 2.15. The molecule has 0 fully saturated rings. The van der Waals surface area contributed by atoms with Gasteiger partial charge >= 0.3 is 11.8 Å². The van der Waals surface area contributed by atoms with Crippen molar-refractivity contribution in [3.63, 3.8) is 0 Å². The lowest BCUT2D eigenvalue weighted by atomic mass is 10.2. The van der Waals surface area contributed by atoms with Crippen molar-refractivity contribution in [2.75, 3.05) is 12.4 Å². The maximum Gasteiger partial charge on any atom is 0.313 e. The van der Waals surface area contributed by atoms with Gasteiger partial charge in [-0.15, -0.1) is 0 Å². The number of hydrogen-bond donors (Lipinski definition) is 3. The Labute approximate surface area is 127 Å². The number of carbonyl (C=O) groups excluding carboxylic acids is 2. The standard InChI is InChI=1S/C16H16N2O4/c1-22-14-7-5-11(6-8-14)10-17-15(20)16(21)18-12-3-2-4-13(19)9-12/h2-9,19H,10H2,1H3,(H,17,20)(H,18,21). The summed E-state index contributed by atoms with van der Waals surface area (Å²) in [6.45, 7) is 0.232. The van der Waals surface area contributed by atoms with Gasteiger partial charge in [-0.1, -0.05) is 18.2 Å². The Hall–Kier alpha value is -3.02. The van der Waals surface area contributed by atoms with E-state index in [2.05, 4.69) is 10.6 Å². The molecular formula is C16H16N2O4. The molecule has 114 valence electrons. The molecule has 2 aromatic carbocycles. The van der Waals surface area contributed by atoms with Gasteiger partial charge in [0.25, 0.3) is 0 Å². The minimum absolute atomic E-state index is 0.0106. The number of benzene rings is 2. The molecule has 22 heavy (non-hydrogen) atoms. The molecule has 6 heteroatoms.